The van der Waals surface area contributed by atoms with Crippen LogP contribution in [0.3, 0.4) is 0 Å². The van der Waals surface area contributed by atoms with E-state index in [1.165, 1.54) is 11.8 Å². The molecule has 0 spiro atoms. The van der Waals surface area contributed by atoms with Crippen molar-refractivity contribution in [3.8, 4) is 5.75 Å². The van der Waals surface area contributed by atoms with Gasteiger partial charge in [0, 0.05) is 26.2 Å². The van der Waals surface area contributed by atoms with Gasteiger partial charge < -0.3 is 9.64 Å². The van der Waals surface area contributed by atoms with E-state index >= 15 is 0 Å². The van der Waals surface area contributed by atoms with Crippen LogP contribution in [0.2, 0.25) is 0 Å². The molecule has 1 aliphatic heterocycles. The molecular weight excluding hydrogens is 354 g/mol. The van der Waals surface area contributed by atoms with Crippen molar-refractivity contribution < 1.29 is 9.53 Å². The van der Waals surface area contributed by atoms with Gasteiger partial charge in [-0.05, 0) is 17.7 Å². The predicted octanol–water partition coefficient (Wildman–Crippen LogP) is 2.38. The van der Waals surface area contributed by atoms with Gasteiger partial charge in [0.05, 0.1) is 12.2 Å². The number of aromatic nitrogens is 3. The highest BCUT2D eigenvalue weighted by Gasteiger charge is 2.28. The van der Waals surface area contributed by atoms with Gasteiger partial charge in [-0.1, -0.05) is 48.5 Å². The molecule has 1 aromatic heterocycles. The molecule has 7 heteroatoms. The quantitative estimate of drug-likeness (QED) is 0.714. The van der Waals surface area contributed by atoms with Gasteiger partial charge in [0.25, 0.3) is 5.91 Å². The summed E-state index contributed by atoms with van der Waals surface area (Å²) in [6, 6.07) is 20.4. The molecule has 0 saturated carbocycles. The zero-order valence-corrected chi connectivity index (χ0v) is 15.6. The molecule has 28 heavy (non-hydrogen) atoms. The normalized spacial score (nSPS) is 15.9. The van der Waals surface area contributed by atoms with Gasteiger partial charge >= 0.3 is 0 Å². The number of hydrogen-bond donors (Lipinski definition) is 1. The van der Waals surface area contributed by atoms with Crippen LogP contribution in [0.4, 0.5) is 0 Å². The highest BCUT2D eigenvalue weighted by Crippen LogP contribution is 2.24. The molecular formula is C21H23N5O2. The third kappa shape index (κ3) is 4.20. The van der Waals surface area contributed by atoms with Crippen molar-refractivity contribution in [1.82, 2.24) is 25.2 Å². The third-order valence-electron chi connectivity index (χ3n) is 5.01. The van der Waals surface area contributed by atoms with Crippen molar-refractivity contribution in [2.75, 3.05) is 32.8 Å². The predicted molar refractivity (Wildman–Crippen MR) is 105 cm³/mol. The number of nitrogens with zero attached hydrogens (tertiary/aromatic N) is 4. The molecule has 1 aliphatic rings. The van der Waals surface area contributed by atoms with E-state index in [2.05, 4.69) is 44.6 Å². The van der Waals surface area contributed by atoms with E-state index < -0.39 is 0 Å². The number of H-pyrrole nitrogens is 1. The van der Waals surface area contributed by atoms with Gasteiger partial charge in [-0.25, -0.2) is 0 Å². The zero-order chi connectivity index (χ0) is 19.2. The lowest BCUT2D eigenvalue weighted by molar-refractivity contribution is 0.0494. The van der Waals surface area contributed by atoms with Crippen LogP contribution in [-0.2, 0) is 0 Å². The maximum Gasteiger partial charge on any atom is 0.276 e. The number of ether oxygens (including phenoxy) is 1. The Kier molecular flexibility index (Phi) is 5.63. The Bertz CT molecular complexity index is 862. The molecule has 0 aliphatic carbocycles. The summed E-state index contributed by atoms with van der Waals surface area (Å²) in [7, 11) is 0. The molecule has 0 radical (unpaired) electrons. The second-order valence-corrected chi connectivity index (χ2v) is 6.73. The van der Waals surface area contributed by atoms with Crippen molar-refractivity contribution in [2.45, 2.75) is 6.04 Å². The van der Waals surface area contributed by atoms with Crippen LogP contribution in [-0.4, -0.2) is 63.9 Å². The van der Waals surface area contributed by atoms with Gasteiger partial charge in [-0.3, -0.25) is 9.69 Å². The zero-order valence-electron chi connectivity index (χ0n) is 15.6. The van der Waals surface area contributed by atoms with Crippen LogP contribution < -0.4 is 4.74 Å². The molecule has 4 rings (SSSR count). The lowest BCUT2D eigenvalue weighted by atomic mass is 10.0. The summed E-state index contributed by atoms with van der Waals surface area (Å²) in [5, 5.41) is 10.1. The summed E-state index contributed by atoms with van der Waals surface area (Å²) in [4.78, 5) is 16.7. The fourth-order valence-electron chi connectivity index (χ4n) is 3.48. The minimum absolute atomic E-state index is 0.0785. The number of para-hydroxylation sites is 1. The van der Waals surface area contributed by atoms with Crippen LogP contribution in [0.5, 0.6) is 5.75 Å². The number of aromatic amines is 1. The molecule has 1 fully saturated rings. The lowest BCUT2D eigenvalue weighted by Crippen LogP contribution is -2.50. The van der Waals surface area contributed by atoms with Gasteiger partial charge in [0.15, 0.2) is 5.69 Å². The molecule has 1 saturated heterocycles. The van der Waals surface area contributed by atoms with Gasteiger partial charge in [-0.2, -0.15) is 15.4 Å². The van der Waals surface area contributed by atoms with E-state index in [9.17, 15) is 4.79 Å². The number of nitrogens with one attached hydrogen (secondary N) is 1. The first kappa shape index (κ1) is 18.2. The van der Waals surface area contributed by atoms with Crippen LogP contribution >= 0.6 is 0 Å². The Hall–Kier alpha value is -3.19. The van der Waals surface area contributed by atoms with Crippen molar-refractivity contribution in [2.24, 2.45) is 0 Å². The molecule has 3 aromatic rings. The summed E-state index contributed by atoms with van der Waals surface area (Å²) in [5.74, 6) is 0.786. The Morgan fingerprint density at radius 1 is 1.00 bits per heavy atom. The van der Waals surface area contributed by atoms with Gasteiger partial charge in [-0.15, -0.1) is 0 Å². The standard InChI is InChI=1S/C21H23N5O2/c27-21(19-15-22-24-23-19)26-13-11-25(12-14-26)20(17-7-3-1-4-8-17)16-28-18-9-5-2-6-10-18/h1-10,15,20H,11-14,16H2,(H,22,23,24). The lowest BCUT2D eigenvalue weighted by Gasteiger charge is -2.39. The van der Waals surface area contributed by atoms with E-state index in [4.69, 9.17) is 4.74 Å². The van der Waals surface area contributed by atoms with Gasteiger partial charge in [0.2, 0.25) is 0 Å². The molecule has 1 unspecified atom stereocenters. The molecule has 1 N–H and O–H groups in total. The maximum absolute atomic E-state index is 12.5. The summed E-state index contributed by atoms with van der Waals surface area (Å²) in [6.07, 6.45) is 1.47. The fraction of sp³-hybridized carbons (Fsp3) is 0.286. The molecule has 7 nitrogen and oxygen atoms in total. The Balaban J connectivity index is 1.43. The van der Waals surface area contributed by atoms with Crippen LogP contribution in [0.15, 0.2) is 66.9 Å². The number of carbonyl (C=O) groups excluding carboxylic acids is 1. The first-order valence-corrected chi connectivity index (χ1v) is 9.43. The smallest absolute Gasteiger partial charge is 0.276 e. The second kappa shape index (κ2) is 8.67. The van der Waals surface area contributed by atoms with Crippen molar-refractivity contribution >= 4 is 5.91 Å². The minimum atomic E-state index is -0.0785. The Labute approximate surface area is 163 Å². The molecule has 2 aromatic carbocycles. The van der Waals surface area contributed by atoms with Crippen molar-refractivity contribution in [1.29, 1.82) is 0 Å². The van der Waals surface area contributed by atoms with Crippen molar-refractivity contribution in [3.63, 3.8) is 0 Å². The number of benzene rings is 2. The monoisotopic (exact) mass is 377 g/mol. The largest absolute Gasteiger partial charge is 0.492 e. The summed E-state index contributed by atoms with van der Waals surface area (Å²) in [5.41, 5.74) is 1.58. The maximum atomic E-state index is 12.5. The average molecular weight is 377 g/mol. The van der Waals surface area contributed by atoms with E-state index in [0.29, 0.717) is 25.4 Å². The number of amides is 1. The first-order valence-electron chi connectivity index (χ1n) is 9.43. The topological polar surface area (TPSA) is 74.4 Å². The summed E-state index contributed by atoms with van der Waals surface area (Å²) >= 11 is 0. The van der Waals surface area contributed by atoms with Crippen LogP contribution in [0.1, 0.15) is 22.1 Å². The molecule has 0 bridgehead atoms. The van der Waals surface area contributed by atoms with E-state index in [1.807, 2.05) is 41.3 Å². The van der Waals surface area contributed by atoms with E-state index in [0.717, 1.165) is 18.8 Å². The van der Waals surface area contributed by atoms with Crippen molar-refractivity contribution in [3.05, 3.63) is 78.1 Å². The van der Waals surface area contributed by atoms with Crippen LogP contribution in [0, 0.1) is 0 Å². The number of rotatable bonds is 6. The van der Waals surface area contributed by atoms with E-state index in [1.54, 1.807) is 0 Å². The fourth-order valence-corrected chi connectivity index (χ4v) is 3.48. The molecule has 144 valence electrons. The first-order chi connectivity index (χ1) is 13.8. The van der Waals surface area contributed by atoms with Gasteiger partial charge in [0.1, 0.15) is 12.4 Å². The second-order valence-electron chi connectivity index (χ2n) is 6.73. The number of carbonyl (C=O) groups is 1. The SMILES string of the molecule is O=C(c1cn[nH]n1)N1CCN(C(COc2ccccc2)c2ccccc2)CC1. The summed E-state index contributed by atoms with van der Waals surface area (Å²) < 4.78 is 6.06. The average Bonchev–Trinajstić information content (AvgIpc) is 3.30. The summed E-state index contributed by atoms with van der Waals surface area (Å²) in [6.45, 7) is 3.43. The highest BCUT2D eigenvalue weighted by molar-refractivity contribution is 5.91. The van der Waals surface area contributed by atoms with E-state index in [-0.39, 0.29) is 11.9 Å². The third-order valence-corrected chi connectivity index (χ3v) is 5.01. The van der Waals surface area contributed by atoms with Crippen LogP contribution in [0.25, 0.3) is 0 Å². The highest BCUT2D eigenvalue weighted by atomic mass is 16.5. The Morgan fingerprint density at radius 3 is 2.32 bits per heavy atom. The molecule has 1 atom stereocenters. The molecule has 1 amide bonds. The number of hydrogen-bond acceptors (Lipinski definition) is 5. The number of piperazine rings is 1. The Morgan fingerprint density at radius 2 is 1.68 bits per heavy atom. The minimum Gasteiger partial charge on any atom is -0.492 e. The molecule has 2 heterocycles.